The molecule has 0 unspecified atom stereocenters. The lowest BCUT2D eigenvalue weighted by Gasteiger charge is -2.15. The molecule has 0 N–H and O–H groups in total. The van der Waals surface area contributed by atoms with Crippen molar-refractivity contribution in [3.63, 3.8) is 0 Å². The second kappa shape index (κ2) is 15.2. The van der Waals surface area contributed by atoms with Crippen molar-refractivity contribution in [2.45, 2.75) is 0 Å². The first kappa shape index (κ1) is 37.2. The summed E-state index contributed by atoms with van der Waals surface area (Å²) in [7, 11) is 0. The second-order valence-corrected chi connectivity index (χ2v) is 17.7. The van der Waals surface area contributed by atoms with Gasteiger partial charge in [0.05, 0.1) is 0 Å². The minimum absolute atomic E-state index is 0.610. The molecule has 302 valence electrons. The standard InChI is InChI=1S/C60H36N4S/c1-3-13-41-34-54-43(29-39(41)11-1)15-7-19-49(54)46-31-47(50-20-8-16-44-30-40-12-2-4-14-42(40)35-55(44)50)33-48(32-46)59-62-58(38-26-24-37(25-27-38)45-17-10-28-61-36-45)63-60(64-59)53-22-9-21-52-51-18-5-6-23-56(51)65-57(52)53/h1-36H. The Balaban J connectivity index is 1.07. The van der Waals surface area contributed by atoms with E-state index in [1.54, 1.807) is 17.5 Å². The van der Waals surface area contributed by atoms with E-state index in [1.165, 1.54) is 58.6 Å². The number of thiophene rings is 1. The van der Waals surface area contributed by atoms with E-state index in [4.69, 9.17) is 15.0 Å². The van der Waals surface area contributed by atoms with Crippen LogP contribution in [0.3, 0.4) is 0 Å². The third kappa shape index (κ3) is 6.52. The zero-order chi connectivity index (χ0) is 42.8. The first-order valence-electron chi connectivity index (χ1n) is 21.8. The average molecular weight is 845 g/mol. The smallest absolute Gasteiger partial charge is 0.165 e. The van der Waals surface area contributed by atoms with E-state index in [0.29, 0.717) is 17.5 Å². The maximum atomic E-state index is 5.44. The normalized spacial score (nSPS) is 11.7. The number of hydrogen-bond donors (Lipinski definition) is 0. The Morgan fingerprint density at radius 2 is 0.800 bits per heavy atom. The fourth-order valence-corrected chi connectivity index (χ4v) is 10.7. The minimum Gasteiger partial charge on any atom is -0.264 e. The van der Waals surface area contributed by atoms with Crippen LogP contribution in [0.15, 0.2) is 219 Å². The van der Waals surface area contributed by atoms with Crippen LogP contribution in [0, 0.1) is 0 Å². The van der Waals surface area contributed by atoms with Gasteiger partial charge < -0.3 is 0 Å². The van der Waals surface area contributed by atoms with Crippen molar-refractivity contribution in [1.29, 1.82) is 0 Å². The van der Waals surface area contributed by atoms with E-state index in [2.05, 4.69) is 205 Å². The molecular weight excluding hydrogens is 809 g/mol. The Labute approximate surface area is 378 Å². The largest absolute Gasteiger partial charge is 0.264 e. The third-order valence-electron chi connectivity index (χ3n) is 12.7. The average Bonchev–Trinajstić information content (AvgIpc) is 3.76. The molecular formula is C60H36N4S. The fourth-order valence-electron chi connectivity index (χ4n) is 9.53. The van der Waals surface area contributed by atoms with Crippen molar-refractivity contribution in [2.75, 3.05) is 0 Å². The van der Waals surface area contributed by atoms with Crippen LogP contribution in [0.5, 0.6) is 0 Å². The molecule has 0 aliphatic rings. The van der Waals surface area contributed by atoms with E-state index in [1.807, 2.05) is 12.3 Å². The van der Waals surface area contributed by atoms with E-state index < -0.39 is 0 Å². The maximum Gasteiger partial charge on any atom is 0.165 e. The predicted molar refractivity (Wildman–Crippen MR) is 273 cm³/mol. The first-order valence-corrected chi connectivity index (χ1v) is 22.7. The summed E-state index contributed by atoms with van der Waals surface area (Å²) in [5.41, 5.74) is 9.42. The number of aromatic nitrogens is 4. The SMILES string of the molecule is c1cncc(-c2ccc(-c3nc(-c4cc(-c5cccc6cc7ccccc7cc56)cc(-c5cccc6cc7ccccc7cc56)c4)nc(-c4cccc5c4sc4ccccc45)n3)cc2)c1. The number of hydrogen-bond acceptors (Lipinski definition) is 5. The van der Waals surface area contributed by atoms with Crippen molar-refractivity contribution >= 4 is 74.6 Å². The van der Waals surface area contributed by atoms with Crippen molar-refractivity contribution in [1.82, 2.24) is 19.9 Å². The quantitative estimate of drug-likeness (QED) is 0.156. The number of nitrogens with zero attached hydrogens (tertiary/aromatic N) is 4. The van der Waals surface area contributed by atoms with Crippen molar-refractivity contribution in [3.8, 4) is 67.5 Å². The summed E-state index contributed by atoms with van der Waals surface area (Å²) in [6.07, 6.45) is 3.69. The summed E-state index contributed by atoms with van der Waals surface area (Å²) in [6, 6.07) is 74.2. The van der Waals surface area contributed by atoms with Gasteiger partial charge in [-0.2, -0.15) is 0 Å². The van der Waals surface area contributed by atoms with Gasteiger partial charge in [-0.15, -0.1) is 11.3 Å². The van der Waals surface area contributed by atoms with Crippen molar-refractivity contribution in [2.24, 2.45) is 0 Å². The molecule has 0 aliphatic heterocycles. The number of benzene rings is 10. The van der Waals surface area contributed by atoms with Gasteiger partial charge in [0.25, 0.3) is 0 Å². The summed E-state index contributed by atoms with van der Waals surface area (Å²) in [5.74, 6) is 1.86. The highest BCUT2D eigenvalue weighted by molar-refractivity contribution is 7.26. The minimum atomic E-state index is 0.610. The van der Waals surface area contributed by atoms with E-state index in [-0.39, 0.29) is 0 Å². The molecule has 0 atom stereocenters. The van der Waals surface area contributed by atoms with E-state index in [9.17, 15) is 0 Å². The monoisotopic (exact) mass is 844 g/mol. The molecule has 13 aromatic rings. The van der Waals surface area contributed by atoms with Crippen LogP contribution < -0.4 is 0 Å². The molecule has 0 radical (unpaired) electrons. The Bertz CT molecular complexity index is 3870. The van der Waals surface area contributed by atoms with E-state index >= 15 is 0 Å². The zero-order valence-corrected chi connectivity index (χ0v) is 35.8. The summed E-state index contributed by atoms with van der Waals surface area (Å²) in [4.78, 5) is 20.5. The number of fused-ring (bicyclic) bond motifs is 7. The fraction of sp³-hybridized carbons (Fsp3) is 0. The molecule has 3 heterocycles. The lowest BCUT2D eigenvalue weighted by atomic mass is 9.90. The maximum absolute atomic E-state index is 5.44. The van der Waals surface area contributed by atoms with Gasteiger partial charge in [-0.1, -0.05) is 146 Å². The van der Waals surface area contributed by atoms with Crippen LogP contribution in [0.25, 0.3) is 131 Å². The van der Waals surface area contributed by atoms with Gasteiger partial charge in [0.2, 0.25) is 0 Å². The van der Waals surface area contributed by atoms with Gasteiger partial charge >= 0.3 is 0 Å². The van der Waals surface area contributed by atoms with Crippen LogP contribution >= 0.6 is 11.3 Å². The Morgan fingerprint density at radius 3 is 1.45 bits per heavy atom. The van der Waals surface area contributed by atoms with Gasteiger partial charge in [0, 0.05) is 49.3 Å². The van der Waals surface area contributed by atoms with Crippen molar-refractivity contribution in [3.05, 3.63) is 219 Å². The molecule has 0 amide bonds. The summed E-state index contributed by atoms with van der Waals surface area (Å²) >= 11 is 1.78. The molecule has 0 bridgehead atoms. The number of rotatable bonds is 6. The van der Waals surface area contributed by atoms with Gasteiger partial charge in [0.1, 0.15) is 0 Å². The van der Waals surface area contributed by atoms with Crippen molar-refractivity contribution < 1.29 is 0 Å². The lowest BCUT2D eigenvalue weighted by Crippen LogP contribution is -2.01. The van der Waals surface area contributed by atoms with Crippen LogP contribution in [0.1, 0.15) is 0 Å². The second-order valence-electron chi connectivity index (χ2n) is 16.7. The van der Waals surface area contributed by atoms with Gasteiger partial charge in [-0.25, -0.2) is 15.0 Å². The summed E-state index contributed by atoms with van der Waals surface area (Å²) in [5, 5.41) is 12.1. The topological polar surface area (TPSA) is 51.6 Å². The van der Waals surface area contributed by atoms with Crippen LogP contribution in [-0.4, -0.2) is 19.9 Å². The third-order valence-corrected chi connectivity index (χ3v) is 13.9. The highest BCUT2D eigenvalue weighted by atomic mass is 32.1. The molecule has 0 spiro atoms. The molecule has 0 fully saturated rings. The van der Waals surface area contributed by atoms with Crippen LogP contribution in [0.2, 0.25) is 0 Å². The zero-order valence-electron chi connectivity index (χ0n) is 35.0. The van der Waals surface area contributed by atoms with E-state index in [0.717, 1.165) is 54.8 Å². The summed E-state index contributed by atoms with van der Waals surface area (Å²) in [6.45, 7) is 0. The van der Waals surface area contributed by atoms with Gasteiger partial charge in [-0.05, 0) is 137 Å². The number of pyridine rings is 1. The lowest BCUT2D eigenvalue weighted by molar-refractivity contribution is 1.08. The van der Waals surface area contributed by atoms with Gasteiger partial charge in [0.15, 0.2) is 17.5 Å². The Kier molecular flexibility index (Phi) is 8.68. The molecule has 0 saturated heterocycles. The molecule has 10 aromatic carbocycles. The first-order chi connectivity index (χ1) is 32.2. The molecule has 4 nitrogen and oxygen atoms in total. The summed E-state index contributed by atoms with van der Waals surface area (Å²) < 4.78 is 2.39. The van der Waals surface area contributed by atoms with Gasteiger partial charge in [-0.3, -0.25) is 4.98 Å². The highest BCUT2D eigenvalue weighted by Crippen LogP contribution is 2.42. The molecule has 0 saturated carbocycles. The van der Waals surface area contributed by atoms with Crippen LogP contribution in [-0.2, 0) is 0 Å². The molecule has 65 heavy (non-hydrogen) atoms. The predicted octanol–water partition coefficient (Wildman–Crippen LogP) is 16.2. The molecule has 13 rings (SSSR count). The molecule has 5 heteroatoms. The van der Waals surface area contributed by atoms with Crippen LogP contribution in [0.4, 0.5) is 0 Å². The molecule has 0 aliphatic carbocycles. The Morgan fingerprint density at radius 1 is 0.292 bits per heavy atom. The highest BCUT2D eigenvalue weighted by Gasteiger charge is 2.19. The molecule has 3 aromatic heterocycles. The Hall–Kier alpha value is -8.38.